The Labute approximate surface area is 179 Å². The largest absolute Gasteiger partial charge is 0.469 e. The molecule has 0 aliphatic rings. The summed E-state index contributed by atoms with van der Waals surface area (Å²) < 4.78 is 10.6. The second-order valence-corrected chi connectivity index (χ2v) is 8.95. The minimum Gasteiger partial charge on any atom is -0.469 e. The van der Waals surface area contributed by atoms with Crippen molar-refractivity contribution in [2.24, 2.45) is 5.41 Å². The number of hydrogen-bond acceptors (Lipinski definition) is 4. The van der Waals surface area contributed by atoms with Crippen molar-refractivity contribution in [3.63, 3.8) is 0 Å². The zero-order valence-corrected chi connectivity index (χ0v) is 18.9. The topological polar surface area (TPSA) is 64.6 Å². The van der Waals surface area contributed by atoms with Crippen LogP contribution in [0.1, 0.15) is 43.0 Å². The van der Waals surface area contributed by atoms with Gasteiger partial charge in [0.05, 0.1) is 12.5 Å². The van der Waals surface area contributed by atoms with E-state index in [1.165, 1.54) is 7.11 Å². The number of rotatable bonds is 7. The molecule has 0 heterocycles. The van der Waals surface area contributed by atoms with Crippen LogP contribution in [0.4, 0.5) is 4.79 Å². The summed E-state index contributed by atoms with van der Waals surface area (Å²) in [6.07, 6.45) is 0.316. The molecule has 0 radical (unpaired) electrons. The molecular weight excluding hydrogens is 378 g/mol. The lowest BCUT2D eigenvalue weighted by Crippen LogP contribution is -2.48. The van der Waals surface area contributed by atoms with E-state index in [9.17, 15) is 9.59 Å². The van der Waals surface area contributed by atoms with Crippen molar-refractivity contribution in [1.29, 1.82) is 0 Å². The highest BCUT2D eigenvalue weighted by atomic mass is 16.6. The van der Waals surface area contributed by atoms with E-state index in [1.54, 1.807) is 20.8 Å². The lowest BCUT2D eigenvalue weighted by molar-refractivity contribution is -0.152. The first-order valence-electron chi connectivity index (χ1n) is 10.2. The van der Waals surface area contributed by atoms with Gasteiger partial charge in [0.1, 0.15) is 5.60 Å². The van der Waals surface area contributed by atoms with Gasteiger partial charge in [-0.1, -0.05) is 59.7 Å². The zero-order chi connectivity index (χ0) is 22.4. The van der Waals surface area contributed by atoms with Crippen LogP contribution in [0.3, 0.4) is 0 Å². The van der Waals surface area contributed by atoms with E-state index in [4.69, 9.17) is 9.47 Å². The molecule has 1 amide bonds. The second kappa shape index (κ2) is 9.79. The molecule has 5 nitrogen and oxygen atoms in total. The van der Waals surface area contributed by atoms with Crippen molar-refractivity contribution in [2.75, 3.05) is 13.7 Å². The molecule has 162 valence electrons. The van der Waals surface area contributed by atoms with Crippen molar-refractivity contribution in [1.82, 2.24) is 5.32 Å². The Morgan fingerprint density at radius 1 is 0.833 bits per heavy atom. The van der Waals surface area contributed by atoms with Crippen LogP contribution in [-0.4, -0.2) is 31.3 Å². The average Bonchev–Trinajstić information content (AvgIpc) is 2.67. The number of methoxy groups -OCH3 is 1. The third kappa shape index (κ3) is 6.90. The molecule has 0 atom stereocenters. The maximum absolute atomic E-state index is 13.1. The summed E-state index contributed by atoms with van der Waals surface area (Å²) in [5.74, 6) is -0.361. The van der Waals surface area contributed by atoms with Crippen LogP contribution in [0.5, 0.6) is 0 Å². The maximum atomic E-state index is 13.1. The van der Waals surface area contributed by atoms with Crippen LogP contribution in [-0.2, 0) is 27.1 Å². The molecule has 0 unspecified atom stereocenters. The summed E-state index contributed by atoms with van der Waals surface area (Å²) >= 11 is 0. The van der Waals surface area contributed by atoms with E-state index in [2.05, 4.69) is 5.32 Å². The Kier molecular flexibility index (Phi) is 7.65. The number of carbonyl (C=O) groups excluding carboxylic acids is 2. The molecule has 0 spiro atoms. The monoisotopic (exact) mass is 411 g/mol. The third-order valence-electron chi connectivity index (χ3n) is 4.91. The molecule has 0 fully saturated rings. The Bertz CT molecular complexity index is 801. The molecule has 0 bridgehead atoms. The van der Waals surface area contributed by atoms with Gasteiger partial charge in [-0.15, -0.1) is 0 Å². The number of esters is 1. The minimum atomic E-state index is -0.962. The number of ether oxygens (including phenoxy) is 2. The highest BCUT2D eigenvalue weighted by Crippen LogP contribution is 2.30. The van der Waals surface area contributed by atoms with Gasteiger partial charge in [0.15, 0.2) is 0 Å². The number of benzene rings is 2. The number of nitrogens with one attached hydrogen (secondary N) is 1. The lowest BCUT2D eigenvalue weighted by Gasteiger charge is -2.32. The van der Waals surface area contributed by atoms with Gasteiger partial charge in [-0.3, -0.25) is 4.79 Å². The summed E-state index contributed by atoms with van der Waals surface area (Å²) in [5, 5.41) is 2.80. The van der Waals surface area contributed by atoms with Gasteiger partial charge in [0, 0.05) is 6.54 Å². The van der Waals surface area contributed by atoms with Gasteiger partial charge < -0.3 is 14.8 Å². The Morgan fingerprint density at radius 3 is 1.63 bits per heavy atom. The number of aryl methyl sites for hydroxylation is 2. The van der Waals surface area contributed by atoms with Crippen LogP contribution in [0, 0.1) is 19.3 Å². The van der Waals surface area contributed by atoms with E-state index < -0.39 is 17.1 Å². The van der Waals surface area contributed by atoms with Gasteiger partial charge in [0.25, 0.3) is 0 Å². The molecule has 0 saturated carbocycles. The molecule has 0 aliphatic heterocycles. The molecule has 2 aromatic rings. The molecule has 5 heteroatoms. The first-order chi connectivity index (χ1) is 14.0. The summed E-state index contributed by atoms with van der Waals surface area (Å²) in [4.78, 5) is 25.4. The van der Waals surface area contributed by atoms with Crippen molar-refractivity contribution >= 4 is 12.1 Å². The quantitative estimate of drug-likeness (QED) is 0.667. The number of hydrogen-bond donors (Lipinski definition) is 1. The molecule has 30 heavy (non-hydrogen) atoms. The predicted molar refractivity (Wildman–Crippen MR) is 118 cm³/mol. The standard InChI is InChI=1S/C25H33NO4/c1-18-7-11-20(12-8-18)15-25(22(27)29-6,16-21-13-9-19(2)10-14-21)17-26-23(28)30-24(3,4)5/h7-14H,15-17H2,1-6H3,(H,26,28). The number of carbonyl (C=O) groups is 2. The molecular formula is C25H33NO4. The van der Waals surface area contributed by atoms with Gasteiger partial charge in [-0.05, 0) is 58.6 Å². The Morgan fingerprint density at radius 2 is 1.27 bits per heavy atom. The fourth-order valence-electron chi connectivity index (χ4n) is 3.37. The van der Waals surface area contributed by atoms with Gasteiger partial charge in [-0.25, -0.2) is 4.79 Å². The predicted octanol–water partition coefficient (Wildman–Crippen LogP) is 4.77. The summed E-state index contributed by atoms with van der Waals surface area (Å²) in [5.41, 5.74) is 2.72. The third-order valence-corrected chi connectivity index (χ3v) is 4.91. The molecule has 0 aliphatic carbocycles. The smallest absolute Gasteiger partial charge is 0.407 e. The minimum absolute atomic E-state index is 0.107. The highest BCUT2D eigenvalue weighted by Gasteiger charge is 2.41. The molecule has 2 aromatic carbocycles. The fraction of sp³-hybridized carbons (Fsp3) is 0.440. The van der Waals surface area contributed by atoms with Crippen molar-refractivity contribution in [3.05, 3.63) is 70.8 Å². The molecule has 0 saturated heterocycles. The van der Waals surface area contributed by atoms with Crippen molar-refractivity contribution in [3.8, 4) is 0 Å². The maximum Gasteiger partial charge on any atom is 0.407 e. The van der Waals surface area contributed by atoms with E-state index in [0.717, 1.165) is 22.3 Å². The highest BCUT2D eigenvalue weighted by molar-refractivity contribution is 5.79. The SMILES string of the molecule is COC(=O)C(CNC(=O)OC(C)(C)C)(Cc1ccc(C)cc1)Cc1ccc(C)cc1. The van der Waals surface area contributed by atoms with Gasteiger partial charge in [0.2, 0.25) is 0 Å². The Balaban J connectivity index is 2.36. The van der Waals surface area contributed by atoms with E-state index in [-0.39, 0.29) is 12.5 Å². The van der Waals surface area contributed by atoms with E-state index in [1.807, 2.05) is 62.4 Å². The van der Waals surface area contributed by atoms with Crippen LogP contribution in [0.25, 0.3) is 0 Å². The fourth-order valence-corrected chi connectivity index (χ4v) is 3.37. The van der Waals surface area contributed by atoms with E-state index in [0.29, 0.717) is 12.8 Å². The van der Waals surface area contributed by atoms with Crippen LogP contribution < -0.4 is 5.32 Å². The Hall–Kier alpha value is -2.82. The molecule has 2 rings (SSSR count). The van der Waals surface area contributed by atoms with Crippen molar-refractivity contribution < 1.29 is 19.1 Å². The van der Waals surface area contributed by atoms with Crippen LogP contribution in [0.15, 0.2) is 48.5 Å². The van der Waals surface area contributed by atoms with Gasteiger partial charge >= 0.3 is 12.1 Å². The number of amides is 1. The molecule has 1 N–H and O–H groups in total. The number of alkyl carbamates (subject to hydrolysis) is 1. The van der Waals surface area contributed by atoms with E-state index >= 15 is 0 Å². The summed E-state index contributed by atoms with van der Waals surface area (Å²) in [6, 6.07) is 16.1. The second-order valence-electron chi connectivity index (χ2n) is 8.95. The zero-order valence-electron chi connectivity index (χ0n) is 18.9. The molecule has 0 aromatic heterocycles. The summed E-state index contributed by atoms with van der Waals surface area (Å²) in [7, 11) is 1.38. The van der Waals surface area contributed by atoms with Crippen LogP contribution >= 0.6 is 0 Å². The lowest BCUT2D eigenvalue weighted by atomic mass is 9.76. The van der Waals surface area contributed by atoms with Crippen molar-refractivity contribution in [2.45, 2.75) is 53.1 Å². The first kappa shape index (κ1) is 23.5. The van der Waals surface area contributed by atoms with Gasteiger partial charge in [-0.2, -0.15) is 0 Å². The van der Waals surface area contributed by atoms with Crippen LogP contribution in [0.2, 0.25) is 0 Å². The average molecular weight is 412 g/mol. The first-order valence-corrected chi connectivity index (χ1v) is 10.2. The summed E-state index contributed by atoms with van der Waals surface area (Å²) in [6.45, 7) is 9.56. The normalized spacial score (nSPS) is 11.7.